The van der Waals surface area contributed by atoms with E-state index in [9.17, 15) is 0 Å². The van der Waals surface area contributed by atoms with Gasteiger partial charge in [0.2, 0.25) is 0 Å². The van der Waals surface area contributed by atoms with Gasteiger partial charge in [0.1, 0.15) is 0 Å². The maximum Gasteiger partial charge on any atom is 0.0420 e. The molecule has 0 aliphatic carbocycles. The average molecular weight is 227 g/mol. The Labute approximate surface area is 105 Å². The highest BCUT2D eigenvalue weighted by Crippen LogP contribution is 2.06. The third-order valence-electron chi connectivity index (χ3n) is 2.56. The minimum Gasteiger partial charge on any atom is -0.376 e. The zero-order chi connectivity index (χ0) is 12.5. The van der Waals surface area contributed by atoms with E-state index in [0.29, 0.717) is 0 Å². The Kier molecular flexibility index (Phi) is 5.87. The van der Waals surface area contributed by atoms with Crippen molar-refractivity contribution in [3.63, 3.8) is 0 Å². The molecular weight excluding hydrogens is 206 g/mol. The molecule has 0 aromatic heterocycles. The van der Waals surface area contributed by atoms with Crippen LogP contribution in [-0.2, 0) is 6.54 Å². The molecule has 1 heteroatoms. The molecule has 0 heterocycles. The van der Waals surface area contributed by atoms with Gasteiger partial charge in [0.05, 0.1) is 0 Å². The third-order valence-corrected chi connectivity index (χ3v) is 2.56. The summed E-state index contributed by atoms with van der Waals surface area (Å²) in [5.41, 5.74) is 2.62. The second-order valence-electron chi connectivity index (χ2n) is 4.05. The standard InChI is InChI=1S/C16H21N/c1-4-9-15(5-2)12-13-17(3)14-16-10-7-6-8-11-16/h4,6-13H,1,5,14H2,2-3H3/b13-12-,15-9-. The molecule has 0 N–H and O–H groups in total. The molecule has 0 unspecified atom stereocenters. The van der Waals surface area contributed by atoms with Crippen molar-refractivity contribution < 1.29 is 0 Å². The largest absolute Gasteiger partial charge is 0.376 e. The second kappa shape index (κ2) is 7.50. The predicted molar refractivity (Wildman–Crippen MR) is 75.6 cm³/mol. The Morgan fingerprint density at radius 3 is 2.59 bits per heavy atom. The molecule has 0 saturated heterocycles. The highest BCUT2D eigenvalue weighted by Gasteiger charge is 1.94. The Balaban J connectivity index is 2.54. The van der Waals surface area contributed by atoms with Gasteiger partial charge in [0.25, 0.3) is 0 Å². The van der Waals surface area contributed by atoms with Crippen LogP contribution in [-0.4, -0.2) is 11.9 Å². The number of rotatable bonds is 6. The Hall–Kier alpha value is -1.76. The zero-order valence-electron chi connectivity index (χ0n) is 10.8. The molecule has 0 aliphatic rings. The van der Waals surface area contributed by atoms with Crippen LogP contribution in [0.5, 0.6) is 0 Å². The minimum absolute atomic E-state index is 0.933. The zero-order valence-corrected chi connectivity index (χ0v) is 10.8. The summed E-state index contributed by atoms with van der Waals surface area (Å²) in [4.78, 5) is 2.18. The number of hydrogen-bond donors (Lipinski definition) is 0. The summed E-state index contributed by atoms with van der Waals surface area (Å²) in [6, 6.07) is 10.5. The first-order chi connectivity index (χ1) is 8.26. The van der Waals surface area contributed by atoms with Crippen LogP contribution in [0.4, 0.5) is 0 Å². The van der Waals surface area contributed by atoms with Crippen LogP contribution in [0.3, 0.4) is 0 Å². The molecule has 1 aromatic rings. The van der Waals surface area contributed by atoms with Gasteiger partial charge >= 0.3 is 0 Å². The van der Waals surface area contributed by atoms with Gasteiger partial charge in [0, 0.05) is 13.6 Å². The molecule has 0 saturated carbocycles. The lowest BCUT2D eigenvalue weighted by Crippen LogP contribution is -2.09. The highest BCUT2D eigenvalue weighted by atomic mass is 15.1. The van der Waals surface area contributed by atoms with E-state index in [1.807, 2.05) is 18.2 Å². The molecule has 0 radical (unpaired) electrons. The van der Waals surface area contributed by atoms with Gasteiger partial charge in [-0.25, -0.2) is 0 Å². The number of benzene rings is 1. The van der Waals surface area contributed by atoms with Crippen molar-refractivity contribution in [2.45, 2.75) is 19.9 Å². The number of hydrogen-bond acceptors (Lipinski definition) is 1. The van der Waals surface area contributed by atoms with E-state index in [-0.39, 0.29) is 0 Å². The lowest BCUT2D eigenvalue weighted by Gasteiger charge is -2.14. The van der Waals surface area contributed by atoms with Crippen molar-refractivity contribution in [3.05, 3.63) is 72.5 Å². The van der Waals surface area contributed by atoms with Crippen molar-refractivity contribution in [1.29, 1.82) is 0 Å². The molecule has 1 aromatic carbocycles. The summed E-state index contributed by atoms with van der Waals surface area (Å²) in [5.74, 6) is 0. The third kappa shape index (κ3) is 5.21. The Morgan fingerprint density at radius 2 is 2.00 bits per heavy atom. The molecule has 0 aliphatic heterocycles. The fourth-order valence-corrected chi connectivity index (χ4v) is 1.59. The topological polar surface area (TPSA) is 3.24 Å². The normalized spacial score (nSPS) is 11.8. The fourth-order valence-electron chi connectivity index (χ4n) is 1.59. The van der Waals surface area contributed by atoms with Gasteiger partial charge in [0.15, 0.2) is 0 Å². The molecule has 1 rings (SSSR count). The van der Waals surface area contributed by atoms with Gasteiger partial charge in [-0.15, -0.1) is 0 Å². The van der Waals surface area contributed by atoms with E-state index in [4.69, 9.17) is 0 Å². The summed E-state index contributed by atoms with van der Waals surface area (Å²) in [7, 11) is 2.09. The molecule has 0 fully saturated rings. The summed E-state index contributed by atoms with van der Waals surface area (Å²) in [6.45, 7) is 6.80. The monoisotopic (exact) mass is 227 g/mol. The number of nitrogens with zero attached hydrogens (tertiary/aromatic N) is 1. The van der Waals surface area contributed by atoms with E-state index in [1.54, 1.807) is 0 Å². The van der Waals surface area contributed by atoms with E-state index in [2.05, 4.69) is 62.0 Å². The highest BCUT2D eigenvalue weighted by molar-refractivity contribution is 5.22. The maximum atomic E-state index is 3.72. The van der Waals surface area contributed by atoms with E-state index in [0.717, 1.165) is 13.0 Å². The Bertz CT molecular complexity index is 387. The van der Waals surface area contributed by atoms with Crippen molar-refractivity contribution >= 4 is 0 Å². The van der Waals surface area contributed by atoms with Crippen LogP contribution in [0.1, 0.15) is 18.9 Å². The summed E-state index contributed by atoms with van der Waals surface area (Å²) < 4.78 is 0. The van der Waals surface area contributed by atoms with Crippen LogP contribution >= 0.6 is 0 Å². The van der Waals surface area contributed by atoms with Gasteiger partial charge in [-0.1, -0.05) is 56.0 Å². The summed E-state index contributed by atoms with van der Waals surface area (Å²) >= 11 is 0. The van der Waals surface area contributed by atoms with E-state index in [1.165, 1.54) is 11.1 Å². The molecule has 0 spiro atoms. The summed E-state index contributed by atoms with van der Waals surface area (Å²) in [5, 5.41) is 0. The Morgan fingerprint density at radius 1 is 1.29 bits per heavy atom. The van der Waals surface area contributed by atoms with Crippen molar-refractivity contribution in [3.8, 4) is 0 Å². The molecule has 0 bridgehead atoms. The molecule has 0 amide bonds. The van der Waals surface area contributed by atoms with Gasteiger partial charge in [-0.3, -0.25) is 0 Å². The molecular formula is C16H21N. The average Bonchev–Trinajstić information content (AvgIpc) is 2.35. The fraction of sp³-hybridized carbons (Fsp3) is 0.250. The maximum absolute atomic E-state index is 3.72. The second-order valence-corrected chi connectivity index (χ2v) is 4.05. The quantitative estimate of drug-likeness (QED) is 0.660. The van der Waals surface area contributed by atoms with Crippen molar-refractivity contribution in [2.24, 2.45) is 0 Å². The first-order valence-corrected chi connectivity index (χ1v) is 6.00. The summed E-state index contributed by atoms with van der Waals surface area (Å²) in [6.07, 6.45) is 9.17. The predicted octanol–water partition coefficient (Wildman–Crippen LogP) is 4.15. The van der Waals surface area contributed by atoms with Crippen molar-refractivity contribution in [1.82, 2.24) is 4.90 Å². The van der Waals surface area contributed by atoms with E-state index < -0.39 is 0 Å². The lowest BCUT2D eigenvalue weighted by atomic mass is 10.2. The SMILES string of the molecule is C=C/C=C(\C=C/N(C)Cc1ccccc1)CC. The van der Waals surface area contributed by atoms with Crippen LogP contribution in [0.2, 0.25) is 0 Å². The lowest BCUT2D eigenvalue weighted by molar-refractivity contribution is 0.450. The first-order valence-electron chi connectivity index (χ1n) is 6.00. The number of allylic oxidation sites excluding steroid dienone is 4. The first kappa shape index (κ1) is 13.3. The molecule has 17 heavy (non-hydrogen) atoms. The molecule has 90 valence electrons. The van der Waals surface area contributed by atoms with Gasteiger partial charge in [-0.05, 0) is 29.8 Å². The van der Waals surface area contributed by atoms with Crippen molar-refractivity contribution in [2.75, 3.05) is 7.05 Å². The van der Waals surface area contributed by atoms with Gasteiger partial charge in [-0.2, -0.15) is 0 Å². The minimum atomic E-state index is 0.933. The van der Waals surface area contributed by atoms with Gasteiger partial charge < -0.3 is 4.90 Å². The van der Waals surface area contributed by atoms with Crippen LogP contribution in [0.25, 0.3) is 0 Å². The molecule has 0 atom stereocenters. The van der Waals surface area contributed by atoms with Crippen LogP contribution in [0.15, 0.2) is 66.9 Å². The van der Waals surface area contributed by atoms with E-state index >= 15 is 0 Å². The molecule has 1 nitrogen and oxygen atoms in total. The van der Waals surface area contributed by atoms with Crippen LogP contribution < -0.4 is 0 Å². The smallest absolute Gasteiger partial charge is 0.0420 e. The van der Waals surface area contributed by atoms with Crippen LogP contribution in [0, 0.1) is 0 Å².